The van der Waals surface area contributed by atoms with Crippen LogP contribution in [-0.2, 0) is 9.53 Å². The second-order valence-electron chi connectivity index (χ2n) is 4.77. The van der Waals surface area contributed by atoms with E-state index in [0.29, 0.717) is 5.56 Å². The van der Waals surface area contributed by atoms with Crippen LogP contribution in [0.15, 0.2) is 24.3 Å². The van der Waals surface area contributed by atoms with Gasteiger partial charge in [0.25, 0.3) is 5.91 Å². The van der Waals surface area contributed by atoms with Gasteiger partial charge in [-0.25, -0.2) is 0 Å². The predicted octanol–water partition coefficient (Wildman–Crippen LogP) is 1.24. The molecule has 0 heterocycles. The maximum absolute atomic E-state index is 12.4. The summed E-state index contributed by atoms with van der Waals surface area (Å²) < 4.78 is 4.65. The van der Waals surface area contributed by atoms with E-state index in [-0.39, 0.29) is 31.6 Å². The lowest BCUT2D eigenvalue weighted by Gasteiger charge is -2.24. The molecule has 1 amide bonds. The number of esters is 1. The molecule has 5 heteroatoms. The summed E-state index contributed by atoms with van der Waals surface area (Å²) in [6.07, 6.45) is 0. The molecule has 0 aliphatic heterocycles. The minimum absolute atomic E-state index is 0.147. The van der Waals surface area contributed by atoms with Crippen molar-refractivity contribution in [3.05, 3.63) is 35.4 Å². The molecule has 0 saturated heterocycles. The van der Waals surface area contributed by atoms with Gasteiger partial charge in [-0.15, -0.1) is 0 Å². The Morgan fingerprint density at radius 2 is 1.90 bits per heavy atom. The molecule has 110 valence electrons. The van der Waals surface area contributed by atoms with Gasteiger partial charge >= 0.3 is 5.97 Å². The molecule has 1 aromatic rings. The fourth-order valence-electron chi connectivity index (χ4n) is 1.88. The van der Waals surface area contributed by atoms with Crippen LogP contribution in [-0.4, -0.2) is 48.7 Å². The topological polar surface area (TPSA) is 66.8 Å². The van der Waals surface area contributed by atoms with Crippen molar-refractivity contribution in [1.29, 1.82) is 0 Å². The van der Waals surface area contributed by atoms with Gasteiger partial charge in [0.05, 0.1) is 19.6 Å². The Kier molecular flexibility index (Phi) is 6.18. The van der Waals surface area contributed by atoms with Crippen LogP contribution in [0.5, 0.6) is 0 Å². The Labute approximate surface area is 119 Å². The van der Waals surface area contributed by atoms with Gasteiger partial charge in [0, 0.05) is 18.7 Å². The average Bonchev–Trinajstić information content (AvgIpc) is 2.45. The largest absolute Gasteiger partial charge is 0.469 e. The standard InChI is InChI=1S/C15H21NO4/c1-11-4-6-13(7-5-11)14(18)16(8-9-17)10-12(2)15(19)20-3/h4-7,12,17H,8-10H2,1-3H3. The van der Waals surface area contributed by atoms with E-state index in [4.69, 9.17) is 5.11 Å². The van der Waals surface area contributed by atoms with Gasteiger partial charge in [-0.1, -0.05) is 24.6 Å². The average molecular weight is 279 g/mol. The van der Waals surface area contributed by atoms with Crippen LogP contribution in [0.25, 0.3) is 0 Å². The van der Waals surface area contributed by atoms with Crippen molar-refractivity contribution in [3.63, 3.8) is 0 Å². The highest BCUT2D eigenvalue weighted by atomic mass is 16.5. The van der Waals surface area contributed by atoms with Crippen molar-refractivity contribution in [3.8, 4) is 0 Å². The molecule has 0 fully saturated rings. The SMILES string of the molecule is COC(=O)C(C)CN(CCO)C(=O)c1ccc(C)cc1. The Bertz CT molecular complexity index is 455. The first kappa shape index (κ1) is 16.2. The first-order valence-corrected chi connectivity index (χ1v) is 6.54. The molecule has 0 aliphatic carbocycles. The molecule has 1 rings (SSSR count). The summed E-state index contributed by atoms with van der Waals surface area (Å²) in [6, 6.07) is 7.19. The maximum Gasteiger partial charge on any atom is 0.310 e. The molecule has 20 heavy (non-hydrogen) atoms. The first-order chi connectivity index (χ1) is 9.49. The van der Waals surface area contributed by atoms with Crippen LogP contribution in [0, 0.1) is 12.8 Å². The Morgan fingerprint density at radius 1 is 1.30 bits per heavy atom. The first-order valence-electron chi connectivity index (χ1n) is 6.54. The van der Waals surface area contributed by atoms with Crippen LogP contribution >= 0.6 is 0 Å². The lowest BCUT2D eigenvalue weighted by atomic mass is 10.1. The summed E-state index contributed by atoms with van der Waals surface area (Å²) in [4.78, 5) is 25.3. The normalized spacial score (nSPS) is 11.8. The monoisotopic (exact) mass is 279 g/mol. The number of aliphatic hydroxyl groups is 1. The van der Waals surface area contributed by atoms with Gasteiger partial charge in [-0.05, 0) is 19.1 Å². The third-order valence-corrected chi connectivity index (χ3v) is 3.05. The van der Waals surface area contributed by atoms with Crippen LogP contribution < -0.4 is 0 Å². The van der Waals surface area contributed by atoms with Crippen molar-refractivity contribution in [2.45, 2.75) is 13.8 Å². The van der Waals surface area contributed by atoms with Gasteiger partial charge in [0.15, 0.2) is 0 Å². The number of aliphatic hydroxyl groups excluding tert-OH is 1. The van der Waals surface area contributed by atoms with Gasteiger partial charge in [-0.2, -0.15) is 0 Å². The van der Waals surface area contributed by atoms with E-state index >= 15 is 0 Å². The molecular formula is C15H21NO4. The zero-order valence-corrected chi connectivity index (χ0v) is 12.1. The highest BCUT2D eigenvalue weighted by Gasteiger charge is 2.22. The van der Waals surface area contributed by atoms with E-state index in [1.165, 1.54) is 12.0 Å². The van der Waals surface area contributed by atoms with E-state index in [2.05, 4.69) is 4.74 Å². The summed E-state index contributed by atoms with van der Waals surface area (Å²) in [5, 5.41) is 9.08. The number of hydrogen-bond acceptors (Lipinski definition) is 4. The molecule has 1 N–H and O–H groups in total. The quantitative estimate of drug-likeness (QED) is 0.796. The Balaban J connectivity index is 2.81. The summed E-state index contributed by atoms with van der Waals surface area (Å²) in [7, 11) is 1.32. The van der Waals surface area contributed by atoms with Gasteiger partial charge in [0.2, 0.25) is 0 Å². The van der Waals surface area contributed by atoms with Crippen molar-refractivity contribution >= 4 is 11.9 Å². The molecular weight excluding hydrogens is 258 g/mol. The lowest BCUT2D eigenvalue weighted by Crippen LogP contribution is -2.39. The number of carbonyl (C=O) groups is 2. The highest BCUT2D eigenvalue weighted by molar-refractivity contribution is 5.94. The van der Waals surface area contributed by atoms with Crippen molar-refractivity contribution < 1.29 is 19.4 Å². The summed E-state index contributed by atoms with van der Waals surface area (Å²) in [5.74, 6) is -1.000. The molecule has 1 atom stereocenters. The number of nitrogens with zero attached hydrogens (tertiary/aromatic N) is 1. The zero-order valence-electron chi connectivity index (χ0n) is 12.1. The number of carbonyl (C=O) groups excluding carboxylic acids is 2. The van der Waals surface area contributed by atoms with E-state index in [1.54, 1.807) is 19.1 Å². The predicted molar refractivity (Wildman–Crippen MR) is 75.3 cm³/mol. The van der Waals surface area contributed by atoms with Crippen LogP contribution in [0.4, 0.5) is 0 Å². The van der Waals surface area contributed by atoms with Crippen molar-refractivity contribution in [2.24, 2.45) is 5.92 Å². The zero-order chi connectivity index (χ0) is 15.1. The summed E-state index contributed by atoms with van der Waals surface area (Å²) in [6.45, 7) is 3.90. The molecule has 0 aliphatic rings. The third kappa shape index (κ3) is 4.35. The molecule has 1 aromatic carbocycles. The Hall–Kier alpha value is -1.88. The number of aryl methyl sites for hydroxylation is 1. The number of rotatable bonds is 6. The number of benzene rings is 1. The van der Waals surface area contributed by atoms with Crippen LogP contribution in [0.1, 0.15) is 22.8 Å². The fraction of sp³-hybridized carbons (Fsp3) is 0.467. The van der Waals surface area contributed by atoms with Crippen LogP contribution in [0.3, 0.4) is 0 Å². The van der Waals surface area contributed by atoms with E-state index < -0.39 is 5.92 Å². The van der Waals surface area contributed by atoms with Gasteiger partial charge in [0.1, 0.15) is 0 Å². The summed E-state index contributed by atoms with van der Waals surface area (Å²) >= 11 is 0. The third-order valence-electron chi connectivity index (χ3n) is 3.05. The van der Waals surface area contributed by atoms with E-state index in [1.807, 2.05) is 19.1 Å². The van der Waals surface area contributed by atoms with Gasteiger partial charge < -0.3 is 14.7 Å². The van der Waals surface area contributed by atoms with Gasteiger partial charge in [-0.3, -0.25) is 9.59 Å². The number of methoxy groups -OCH3 is 1. The fourth-order valence-corrected chi connectivity index (χ4v) is 1.88. The molecule has 0 bridgehead atoms. The molecule has 0 radical (unpaired) electrons. The van der Waals surface area contributed by atoms with Crippen molar-refractivity contribution in [1.82, 2.24) is 4.90 Å². The summed E-state index contributed by atoms with van der Waals surface area (Å²) in [5.41, 5.74) is 1.61. The Morgan fingerprint density at radius 3 is 2.40 bits per heavy atom. The molecule has 1 unspecified atom stereocenters. The number of hydrogen-bond donors (Lipinski definition) is 1. The maximum atomic E-state index is 12.4. The van der Waals surface area contributed by atoms with E-state index in [9.17, 15) is 9.59 Å². The second-order valence-corrected chi connectivity index (χ2v) is 4.77. The second kappa shape index (κ2) is 7.65. The van der Waals surface area contributed by atoms with E-state index in [0.717, 1.165) is 5.56 Å². The molecule has 0 saturated carbocycles. The van der Waals surface area contributed by atoms with Crippen molar-refractivity contribution in [2.75, 3.05) is 26.8 Å². The number of amides is 1. The molecule has 0 spiro atoms. The smallest absolute Gasteiger partial charge is 0.310 e. The lowest BCUT2D eigenvalue weighted by molar-refractivity contribution is -0.145. The minimum atomic E-state index is -0.430. The highest BCUT2D eigenvalue weighted by Crippen LogP contribution is 2.10. The number of ether oxygens (including phenoxy) is 1. The molecule has 0 aromatic heterocycles. The van der Waals surface area contributed by atoms with Crippen LogP contribution in [0.2, 0.25) is 0 Å². The molecule has 5 nitrogen and oxygen atoms in total. The minimum Gasteiger partial charge on any atom is -0.469 e.